The van der Waals surface area contributed by atoms with E-state index in [1.807, 2.05) is 19.1 Å². The third-order valence-electron chi connectivity index (χ3n) is 2.83. The smallest absolute Gasteiger partial charge is 0.132 e. The monoisotopic (exact) mass is 267 g/mol. The lowest BCUT2D eigenvalue weighted by Crippen LogP contribution is -2.01. The van der Waals surface area contributed by atoms with Crippen molar-refractivity contribution in [2.75, 3.05) is 11.9 Å². The van der Waals surface area contributed by atoms with E-state index in [-0.39, 0.29) is 0 Å². The molecule has 1 aromatic carbocycles. The van der Waals surface area contributed by atoms with E-state index in [0.717, 1.165) is 24.3 Å². The normalized spacial score (nSPS) is 9.85. The zero-order valence-corrected chi connectivity index (χ0v) is 11.7. The average Bonchev–Trinajstić information content (AvgIpc) is 2.48. The van der Waals surface area contributed by atoms with Crippen LogP contribution in [0.5, 0.6) is 11.5 Å². The number of aryl methyl sites for hydroxylation is 1. The standard InChI is InChI=1S/C16H17N3O/c1-3-7-18-16-10-14(6-8-19-16)20-15-9-13(11-17)5-4-12(15)2/h4-6,8-10H,3,7H2,1-2H3,(H,18,19). The summed E-state index contributed by atoms with van der Waals surface area (Å²) in [6.45, 7) is 4.93. The van der Waals surface area contributed by atoms with E-state index in [9.17, 15) is 0 Å². The number of benzene rings is 1. The molecule has 0 radical (unpaired) electrons. The summed E-state index contributed by atoms with van der Waals surface area (Å²) in [7, 11) is 0. The number of rotatable bonds is 5. The van der Waals surface area contributed by atoms with Crippen molar-refractivity contribution in [1.29, 1.82) is 5.26 Å². The third kappa shape index (κ3) is 3.48. The molecule has 1 heterocycles. The molecule has 1 aromatic heterocycles. The molecule has 1 N–H and O–H groups in total. The van der Waals surface area contributed by atoms with Crippen LogP contribution in [0.3, 0.4) is 0 Å². The summed E-state index contributed by atoms with van der Waals surface area (Å²) in [5, 5.41) is 12.1. The topological polar surface area (TPSA) is 57.9 Å². The molecule has 0 fully saturated rings. The Balaban J connectivity index is 2.19. The van der Waals surface area contributed by atoms with Crippen LogP contribution in [0.25, 0.3) is 0 Å². The number of ether oxygens (including phenoxy) is 1. The van der Waals surface area contributed by atoms with E-state index >= 15 is 0 Å². The van der Waals surface area contributed by atoms with Gasteiger partial charge in [0.25, 0.3) is 0 Å². The highest BCUT2D eigenvalue weighted by Crippen LogP contribution is 2.26. The first-order chi connectivity index (χ1) is 9.72. The molecular formula is C16H17N3O. The first kappa shape index (κ1) is 13.9. The summed E-state index contributed by atoms with van der Waals surface area (Å²) in [5.74, 6) is 2.19. The maximum Gasteiger partial charge on any atom is 0.132 e. The highest BCUT2D eigenvalue weighted by atomic mass is 16.5. The minimum atomic E-state index is 0.587. The summed E-state index contributed by atoms with van der Waals surface area (Å²) in [5.41, 5.74) is 1.58. The lowest BCUT2D eigenvalue weighted by atomic mass is 10.1. The minimum Gasteiger partial charge on any atom is -0.457 e. The van der Waals surface area contributed by atoms with Crippen LogP contribution in [-0.4, -0.2) is 11.5 Å². The van der Waals surface area contributed by atoms with Gasteiger partial charge in [-0.1, -0.05) is 13.0 Å². The highest BCUT2D eigenvalue weighted by molar-refractivity contribution is 5.46. The third-order valence-corrected chi connectivity index (χ3v) is 2.83. The molecule has 2 aromatic rings. The quantitative estimate of drug-likeness (QED) is 0.893. The number of anilines is 1. The fourth-order valence-corrected chi connectivity index (χ4v) is 1.73. The molecule has 0 saturated carbocycles. The van der Waals surface area contributed by atoms with Crippen LogP contribution in [0.1, 0.15) is 24.5 Å². The summed E-state index contributed by atoms with van der Waals surface area (Å²) in [6, 6.07) is 11.2. The molecule has 4 heteroatoms. The summed E-state index contributed by atoms with van der Waals surface area (Å²) in [6.07, 6.45) is 2.74. The van der Waals surface area contributed by atoms with Crippen molar-refractivity contribution in [3.8, 4) is 17.6 Å². The SMILES string of the molecule is CCCNc1cc(Oc2cc(C#N)ccc2C)ccn1. The van der Waals surface area contributed by atoms with Crippen LogP contribution in [-0.2, 0) is 0 Å². The van der Waals surface area contributed by atoms with E-state index in [4.69, 9.17) is 10.00 Å². The molecule has 0 aliphatic carbocycles. The Kier molecular flexibility index (Phi) is 4.56. The van der Waals surface area contributed by atoms with Crippen LogP contribution in [0.15, 0.2) is 36.5 Å². The second kappa shape index (κ2) is 6.58. The zero-order chi connectivity index (χ0) is 14.4. The number of nitrogens with one attached hydrogen (secondary N) is 1. The Bertz CT molecular complexity index is 632. The Labute approximate surface area is 119 Å². The van der Waals surface area contributed by atoms with Gasteiger partial charge in [-0.3, -0.25) is 0 Å². The summed E-state index contributed by atoms with van der Waals surface area (Å²) >= 11 is 0. The van der Waals surface area contributed by atoms with Gasteiger partial charge in [0.05, 0.1) is 11.6 Å². The van der Waals surface area contributed by atoms with Crippen LogP contribution >= 0.6 is 0 Å². The fourth-order valence-electron chi connectivity index (χ4n) is 1.73. The van der Waals surface area contributed by atoms with Crippen molar-refractivity contribution in [1.82, 2.24) is 4.98 Å². The molecular weight excluding hydrogens is 250 g/mol. The maximum atomic E-state index is 8.93. The maximum absolute atomic E-state index is 8.93. The number of hydrogen-bond donors (Lipinski definition) is 1. The Morgan fingerprint density at radius 2 is 2.15 bits per heavy atom. The van der Waals surface area contributed by atoms with Gasteiger partial charge in [0.2, 0.25) is 0 Å². The van der Waals surface area contributed by atoms with E-state index in [1.165, 1.54) is 0 Å². The van der Waals surface area contributed by atoms with Crippen molar-refractivity contribution >= 4 is 5.82 Å². The van der Waals surface area contributed by atoms with Crippen molar-refractivity contribution < 1.29 is 4.74 Å². The number of hydrogen-bond acceptors (Lipinski definition) is 4. The van der Waals surface area contributed by atoms with E-state index in [0.29, 0.717) is 17.1 Å². The van der Waals surface area contributed by atoms with Crippen LogP contribution < -0.4 is 10.1 Å². The van der Waals surface area contributed by atoms with E-state index < -0.39 is 0 Å². The number of nitrogens with zero attached hydrogens (tertiary/aromatic N) is 2. The van der Waals surface area contributed by atoms with Gasteiger partial charge in [-0.2, -0.15) is 5.26 Å². The van der Waals surface area contributed by atoms with Gasteiger partial charge in [0.1, 0.15) is 17.3 Å². The molecule has 0 bridgehead atoms. The molecule has 4 nitrogen and oxygen atoms in total. The lowest BCUT2D eigenvalue weighted by molar-refractivity contribution is 0.478. The molecule has 2 rings (SSSR count). The second-order valence-electron chi connectivity index (χ2n) is 4.50. The van der Waals surface area contributed by atoms with Gasteiger partial charge in [0.15, 0.2) is 0 Å². The summed E-state index contributed by atoms with van der Waals surface area (Å²) < 4.78 is 5.84. The lowest BCUT2D eigenvalue weighted by Gasteiger charge is -2.10. The molecule has 0 amide bonds. The van der Waals surface area contributed by atoms with Gasteiger partial charge >= 0.3 is 0 Å². The molecule has 0 aliphatic heterocycles. The van der Waals surface area contributed by atoms with Gasteiger partial charge < -0.3 is 10.1 Å². The molecule has 102 valence electrons. The predicted molar refractivity (Wildman–Crippen MR) is 79.0 cm³/mol. The van der Waals surface area contributed by atoms with Crippen LogP contribution in [0.4, 0.5) is 5.82 Å². The van der Waals surface area contributed by atoms with Gasteiger partial charge in [-0.15, -0.1) is 0 Å². The Hall–Kier alpha value is -2.54. The second-order valence-corrected chi connectivity index (χ2v) is 4.50. The molecule has 0 spiro atoms. The van der Waals surface area contributed by atoms with Crippen molar-refractivity contribution in [3.63, 3.8) is 0 Å². The van der Waals surface area contributed by atoms with Crippen molar-refractivity contribution in [3.05, 3.63) is 47.7 Å². The van der Waals surface area contributed by atoms with Gasteiger partial charge in [-0.25, -0.2) is 4.98 Å². The van der Waals surface area contributed by atoms with E-state index in [1.54, 1.807) is 24.4 Å². The highest BCUT2D eigenvalue weighted by Gasteiger charge is 2.04. The molecule has 0 saturated heterocycles. The minimum absolute atomic E-state index is 0.587. The Morgan fingerprint density at radius 1 is 1.30 bits per heavy atom. The van der Waals surface area contributed by atoms with Crippen molar-refractivity contribution in [2.24, 2.45) is 0 Å². The van der Waals surface area contributed by atoms with Crippen LogP contribution in [0.2, 0.25) is 0 Å². The zero-order valence-electron chi connectivity index (χ0n) is 11.7. The van der Waals surface area contributed by atoms with E-state index in [2.05, 4.69) is 23.3 Å². The predicted octanol–water partition coefficient (Wildman–Crippen LogP) is 3.88. The molecule has 0 unspecified atom stereocenters. The fraction of sp³-hybridized carbons (Fsp3) is 0.250. The van der Waals surface area contributed by atoms with Crippen molar-refractivity contribution in [2.45, 2.75) is 20.3 Å². The first-order valence-electron chi connectivity index (χ1n) is 6.61. The van der Waals surface area contributed by atoms with Gasteiger partial charge in [-0.05, 0) is 37.1 Å². The molecule has 0 atom stereocenters. The van der Waals surface area contributed by atoms with Crippen LogP contribution in [0, 0.1) is 18.3 Å². The molecule has 20 heavy (non-hydrogen) atoms. The van der Waals surface area contributed by atoms with Gasteiger partial charge in [0, 0.05) is 18.8 Å². The number of nitriles is 1. The number of pyridine rings is 1. The average molecular weight is 267 g/mol. The number of aromatic nitrogens is 1. The summed E-state index contributed by atoms with van der Waals surface area (Å²) in [4.78, 5) is 4.23. The largest absolute Gasteiger partial charge is 0.457 e. The Morgan fingerprint density at radius 3 is 2.90 bits per heavy atom. The first-order valence-corrected chi connectivity index (χ1v) is 6.61. The molecule has 0 aliphatic rings.